The van der Waals surface area contributed by atoms with Crippen LogP contribution >= 0.6 is 0 Å². The van der Waals surface area contributed by atoms with Crippen LogP contribution in [0.1, 0.15) is 13.3 Å². The highest BCUT2D eigenvalue weighted by Gasteiger charge is 2.04. The minimum Gasteiger partial charge on any atom is -0.490 e. The number of methoxy groups -OCH3 is 1. The van der Waals surface area contributed by atoms with E-state index in [4.69, 9.17) is 9.47 Å². The first-order chi connectivity index (χ1) is 9.27. The molecule has 0 aliphatic heterocycles. The van der Waals surface area contributed by atoms with Gasteiger partial charge >= 0.3 is 0 Å². The number of nitrogens with one attached hydrogen (secondary N) is 1. The maximum absolute atomic E-state index is 5.65. The molecule has 0 aromatic carbocycles. The minimum atomic E-state index is 0.716. The lowest BCUT2D eigenvalue weighted by Gasteiger charge is -2.17. The third kappa shape index (κ3) is 6.40. The molecular weight excluding hydrogens is 242 g/mol. The van der Waals surface area contributed by atoms with Crippen molar-refractivity contribution in [3.05, 3.63) is 18.3 Å². The number of hydrogen-bond donors (Lipinski definition) is 1. The van der Waals surface area contributed by atoms with Crippen LogP contribution in [0.25, 0.3) is 0 Å². The van der Waals surface area contributed by atoms with Crippen LogP contribution in [0.3, 0.4) is 0 Å². The monoisotopic (exact) mass is 267 g/mol. The molecule has 19 heavy (non-hydrogen) atoms. The Morgan fingerprint density at radius 2 is 2.16 bits per heavy atom. The van der Waals surface area contributed by atoms with Crippen LogP contribution in [0.4, 0.5) is 5.82 Å². The van der Waals surface area contributed by atoms with E-state index in [-0.39, 0.29) is 0 Å². The van der Waals surface area contributed by atoms with Crippen LogP contribution in [0.2, 0.25) is 0 Å². The van der Waals surface area contributed by atoms with E-state index < -0.39 is 0 Å². The summed E-state index contributed by atoms with van der Waals surface area (Å²) in [6, 6.07) is 3.83. The first-order valence-corrected chi connectivity index (χ1v) is 6.77. The van der Waals surface area contributed by atoms with Gasteiger partial charge in [0.2, 0.25) is 0 Å². The topological polar surface area (TPSA) is 46.6 Å². The third-order valence-electron chi connectivity index (χ3n) is 2.70. The minimum absolute atomic E-state index is 0.716. The molecule has 0 unspecified atom stereocenters. The second-order valence-electron chi connectivity index (χ2n) is 4.42. The van der Waals surface area contributed by atoms with E-state index in [2.05, 4.69) is 29.2 Å². The van der Waals surface area contributed by atoms with Crippen LogP contribution in [0, 0.1) is 0 Å². The molecule has 0 bridgehead atoms. The molecule has 0 amide bonds. The largest absolute Gasteiger partial charge is 0.490 e. The smallest absolute Gasteiger partial charge is 0.168 e. The molecule has 0 saturated heterocycles. The lowest BCUT2D eigenvalue weighted by atomic mass is 10.4. The summed E-state index contributed by atoms with van der Waals surface area (Å²) >= 11 is 0. The summed E-state index contributed by atoms with van der Waals surface area (Å²) in [4.78, 5) is 6.53. The quantitative estimate of drug-likeness (QED) is 0.701. The predicted molar refractivity (Wildman–Crippen MR) is 77.9 cm³/mol. The number of anilines is 1. The fourth-order valence-corrected chi connectivity index (χ4v) is 1.58. The van der Waals surface area contributed by atoms with Gasteiger partial charge in [-0.2, -0.15) is 0 Å². The van der Waals surface area contributed by atoms with Crippen molar-refractivity contribution in [2.45, 2.75) is 13.3 Å². The molecule has 0 radical (unpaired) electrons. The lowest BCUT2D eigenvalue weighted by Crippen LogP contribution is -2.28. The Kier molecular flexibility index (Phi) is 7.93. The van der Waals surface area contributed by atoms with Crippen LogP contribution < -0.4 is 10.1 Å². The first-order valence-electron chi connectivity index (χ1n) is 6.77. The molecule has 0 spiro atoms. The van der Waals surface area contributed by atoms with Gasteiger partial charge in [0.1, 0.15) is 0 Å². The summed E-state index contributed by atoms with van der Waals surface area (Å²) in [6.45, 7) is 6.26. The Balaban J connectivity index is 2.35. The molecule has 5 nitrogen and oxygen atoms in total. The van der Waals surface area contributed by atoms with Crippen molar-refractivity contribution in [3.8, 4) is 5.75 Å². The molecule has 0 fully saturated rings. The Morgan fingerprint density at radius 1 is 1.32 bits per heavy atom. The van der Waals surface area contributed by atoms with Crippen molar-refractivity contribution in [2.24, 2.45) is 0 Å². The van der Waals surface area contributed by atoms with Gasteiger partial charge in [-0.25, -0.2) is 4.98 Å². The van der Waals surface area contributed by atoms with Crippen molar-refractivity contribution >= 4 is 5.82 Å². The molecule has 1 aromatic rings. The van der Waals surface area contributed by atoms with Crippen molar-refractivity contribution in [1.82, 2.24) is 9.88 Å². The van der Waals surface area contributed by atoms with E-state index in [9.17, 15) is 0 Å². The van der Waals surface area contributed by atoms with Gasteiger partial charge < -0.3 is 19.7 Å². The number of likely N-dealkylation sites (N-methyl/N-ethyl adjacent to an activating group) is 1. The molecule has 1 N–H and O–H groups in total. The fraction of sp³-hybridized carbons (Fsp3) is 0.643. The first kappa shape index (κ1) is 15.7. The second-order valence-corrected chi connectivity index (χ2v) is 4.42. The average Bonchev–Trinajstić information content (AvgIpc) is 2.44. The van der Waals surface area contributed by atoms with E-state index >= 15 is 0 Å². The van der Waals surface area contributed by atoms with Gasteiger partial charge in [0.15, 0.2) is 11.6 Å². The van der Waals surface area contributed by atoms with Gasteiger partial charge in [-0.1, -0.05) is 6.92 Å². The molecule has 0 saturated carbocycles. The maximum Gasteiger partial charge on any atom is 0.168 e. The summed E-state index contributed by atoms with van der Waals surface area (Å²) in [5.74, 6) is 1.64. The van der Waals surface area contributed by atoms with Crippen molar-refractivity contribution in [2.75, 3.05) is 52.3 Å². The highest BCUT2D eigenvalue weighted by atomic mass is 16.5. The molecule has 1 rings (SSSR count). The molecule has 5 heteroatoms. The number of pyridine rings is 1. The van der Waals surface area contributed by atoms with E-state index in [1.54, 1.807) is 13.3 Å². The zero-order chi connectivity index (χ0) is 13.9. The maximum atomic E-state index is 5.65. The number of ether oxygens (including phenoxy) is 2. The SMILES string of the molecule is CCCOc1cccnc1NCCN(C)CCOC. The summed E-state index contributed by atoms with van der Waals surface area (Å²) in [5.41, 5.74) is 0. The Hall–Kier alpha value is -1.33. The Labute approximate surface area is 115 Å². The van der Waals surface area contributed by atoms with Crippen LogP contribution in [-0.4, -0.2) is 56.9 Å². The number of rotatable bonds is 10. The van der Waals surface area contributed by atoms with Gasteiger partial charge in [0.05, 0.1) is 13.2 Å². The molecule has 0 atom stereocenters. The van der Waals surface area contributed by atoms with E-state index in [0.29, 0.717) is 6.61 Å². The van der Waals surface area contributed by atoms with Gasteiger partial charge in [0.25, 0.3) is 0 Å². The second kappa shape index (κ2) is 9.58. The van der Waals surface area contributed by atoms with E-state index in [1.807, 2.05) is 12.1 Å². The van der Waals surface area contributed by atoms with Crippen molar-refractivity contribution in [1.29, 1.82) is 0 Å². The zero-order valence-electron chi connectivity index (χ0n) is 12.2. The zero-order valence-corrected chi connectivity index (χ0v) is 12.2. The molecule has 0 aliphatic rings. The van der Waals surface area contributed by atoms with Gasteiger partial charge in [-0.15, -0.1) is 0 Å². The van der Waals surface area contributed by atoms with Crippen LogP contribution in [-0.2, 0) is 4.74 Å². The van der Waals surface area contributed by atoms with Crippen molar-refractivity contribution < 1.29 is 9.47 Å². The van der Waals surface area contributed by atoms with Crippen LogP contribution in [0.15, 0.2) is 18.3 Å². The van der Waals surface area contributed by atoms with Crippen LogP contribution in [0.5, 0.6) is 5.75 Å². The summed E-state index contributed by atoms with van der Waals surface area (Å²) in [5, 5.41) is 3.31. The highest BCUT2D eigenvalue weighted by Crippen LogP contribution is 2.20. The molecule has 108 valence electrons. The number of hydrogen-bond acceptors (Lipinski definition) is 5. The fourth-order valence-electron chi connectivity index (χ4n) is 1.58. The average molecular weight is 267 g/mol. The summed E-state index contributed by atoms with van der Waals surface area (Å²) in [6.07, 6.45) is 2.77. The normalized spacial score (nSPS) is 10.7. The summed E-state index contributed by atoms with van der Waals surface area (Å²) < 4.78 is 10.7. The predicted octanol–water partition coefficient (Wildman–Crippen LogP) is 1.86. The van der Waals surface area contributed by atoms with Gasteiger partial charge in [-0.05, 0) is 25.6 Å². The summed E-state index contributed by atoms with van der Waals surface area (Å²) in [7, 11) is 3.80. The molecular formula is C14H25N3O2. The van der Waals surface area contributed by atoms with E-state index in [0.717, 1.165) is 44.2 Å². The van der Waals surface area contributed by atoms with Crippen molar-refractivity contribution in [3.63, 3.8) is 0 Å². The highest BCUT2D eigenvalue weighted by molar-refractivity contribution is 5.49. The molecule has 1 aromatic heterocycles. The van der Waals surface area contributed by atoms with E-state index in [1.165, 1.54) is 0 Å². The Morgan fingerprint density at radius 3 is 2.89 bits per heavy atom. The number of aromatic nitrogens is 1. The molecule has 0 aliphatic carbocycles. The third-order valence-corrected chi connectivity index (χ3v) is 2.70. The molecule has 1 heterocycles. The standard InChI is InChI=1S/C14H25N3O2/c1-4-11-19-13-6-5-7-15-14(13)16-8-9-17(2)10-12-18-3/h5-7H,4,8-12H2,1-3H3,(H,15,16). The van der Waals surface area contributed by atoms with Gasteiger partial charge in [-0.3, -0.25) is 0 Å². The Bertz CT molecular complexity index is 347. The number of nitrogens with zero attached hydrogens (tertiary/aromatic N) is 2. The van der Waals surface area contributed by atoms with Gasteiger partial charge in [0, 0.05) is 32.9 Å². The lowest BCUT2D eigenvalue weighted by molar-refractivity contribution is 0.163.